The van der Waals surface area contributed by atoms with Gasteiger partial charge >= 0.3 is 0 Å². The van der Waals surface area contributed by atoms with Crippen LogP contribution in [0.25, 0.3) is 0 Å². The molecule has 2 aromatic carbocycles. The van der Waals surface area contributed by atoms with Gasteiger partial charge < -0.3 is 20.4 Å². The Kier molecular flexibility index (Phi) is 20.7. The Balaban J connectivity index is 0.000000634. The van der Waals surface area contributed by atoms with Gasteiger partial charge in [-0.3, -0.25) is 0 Å². The molecule has 9 heteroatoms. The van der Waals surface area contributed by atoms with Gasteiger partial charge in [0.15, 0.2) is 12.1 Å². The Hall–Kier alpha value is -3.87. The Morgan fingerprint density at radius 3 is 2.16 bits per heavy atom. The van der Waals surface area contributed by atoms with E-state index in [0.717, 1.165) is 61.5 Å². The summed E-state index contributed by atoms with van der Waals surface area (Å²) in [5, 5.41) is 0.706. The molecule has 0 amide bonds. The van der Waals surface area contributed by atoms with Crippen LogP contribution in [-0.4, -0.2) is 56.7 Å². The van der Waals surface area contributed by atoms with Crippen molar-refractivity contribution in [1.82, 2.24) is 10.4 Å². The first-order valence-electron chi connectivity index (χ1n) is 16.8. The van der Waals surface area contributed by atoms with Crippen molar-refractivity contribution in [2.75, 3.05) is 49.6 Å². The van der Waals surface area contributed by atoms with E-state index in [1.54, 1.807) is 13.0 Å². The van der Waals surface area contributed by atoms with Gasteiger partial charge in [-0.25, -0.2) is 19.7 Å². The largest absolute Gasteiger partial charge is 0.367 e. The Labute approximate surface area is 301 Å². The molecule has 0 aromatic heterocycles. The molecule has 2 atom stereocenters. The zero-order valence-electron chi connectivity index (χ0n) is 30.9. The smallest absolute Gasteiger partial charge is 0.174 e. The molecule has 1 saturated heterocycles. The second kappa shape index (κ2) is 23.5. The van der Waals surface area contributed by atoms with Crippen molar-refractivity contribution in [1.29, 1.82) is 0 Å². The van der Waals surface area contributed by atoms with E-state index >= 15 is 4.39 Å². The molecule has 0 spiro atoms. The summed E-state index contributed by atoms with van der Waals surface area (Å²) in [5.41, 5.74) is 14.3. The quantitative estimate of drug-likeness (QED) is 0.233. The van der Waals surface area contributed by atoms with Gasteiger partial charge in [0.05, 0.1) is 5.69 Å². The number of anilines is 2. The first-order valence-corrected chi connectivity index (χ1v) is 17.2. The van der Waals surface area contributed by atoms with Crippen molar-refractivity contribution in [3.8, 4) is 12.3 Å². The van der Waals surface area contributed by atoms with Gasteiger partial charge in [0.25, 0.3) is 0 Å². The van der Waals surface area contributed by atoms with E-state index in [-0.39, 0.29) is 18.0 Å². The van der Waals surface area contributed by atoms with Crippen LogP contribution in [0.15, 0.2) is 90.1 Å². The van der Waals surface area contributed by atoms with Crippen LogP contribution < -0.4 is 21.0 Å². The van der Waals surface area contributed by atoms with Gasteiger partial charge in [-0.15, -0.1) is 25.5 Å². The lowest BCUT2D eigenvalue weighted by molar-refractivity contribution is 0.0502. The fourth-order valence-corrected chi connectivity index (χ4v) is 5.16. The van der Waals surface area contributed by atoms with Crippen LogP contribution in [0.1, 0.15) is 71.9 Å². The highest BCUT2D eigenvalue weighted by Crippen LogP contribution is 2.42. The number of nitrogens with zero attached hydrogens (tertiary/aromatic N) is 4. The van der Waals surface area contributed by atoms with Crippen LogP contribution in [0.4, 0.5) is 15.8 Å². The number of piperazine rings is 1. The van der Waals surface area contributed by atoms with Crippen LogP contribution in [0, 0.1) is 18.2 Å². The van der Waals surface area contributed by atoms with E-state index in [1.165, 1.54) is 5.57 Å². The molecule has 2 unspecified atom stereocenters. The normalized spacial score (nSPS) is 18.4. The molecule has 0 saturated carbocycles. The molecule has 3 heterocycles. The fourth-order valence-electron chi connectivity index (χ4n) is 5.03. The summed E-state index contributed by atoms with van der Waals surface area (Å²) in [4.78, 5) is 16.6. The number of aliphatic imine (C=N–C) groups is 1. The lowest BCUT2D eigenvalue weighted by Crippen LogP contribution is -2.45. The zero-order valence-corrected chi connectivity index (χ0v) is 31.7. The van der Waals surface area contributed by atoms with Gasteiger partial charge in [0.1, 0.15) is 5.82 Å². The summed E-state index contributed by atoms with van der Waals surface area (Å²) in [7, 11) is 2.10. The average molecular weight is 693 g/mol. The van der Waals surface area contributed by atoms with Gasteiger partial charge in [0, 0.05) is 61.1 Å². The molecule has 0 aliphatic carbocycles. The van der Waals surface area contributed by atoms with Gasteiger partial charge in [-0.1, -0.05) is 54.5 Å². The fraction of sp³-hybridized carbons (Fsp3) is 0.425. The first kappa shape index (κ1) is 43.2. The van der Waals surface area contributed by atoms with Crippen LogP contribution in [-0.2, 0) is 11.4 Å². The number of hydrogen-bond donors (Lipinski definition) is 2. The Morgan fingerprint density at radius 2 is 1.69 bits per heavy atom. The summed E-state index contributed by atoms with van der Waals surface area (Å²) in [6.45, 7) is 24.6. The number of hydrogen-bond acceptors (Lipinski definition) is 7. The predicted molar refractivity (Wildman–Crippen MR) is 211 cm³/mol. The lowest BCUT2D eigenvalue weighted by Gasteiger charge is -2.37. The number of halogens is 2. The van der Waals surface area contributed by atoms with Gasteiger partial charge in [0.2, 0.25) is 0 Å². The van der Waals surface area contributed by atoms with Crippen molar-refractivity contribution < 1.29 is 9.23 Å². The maximum Gasteiger partial charge on any atom is 0.174 e. The minimum Gasteiger partial charge on any atom is -0.367 e. The number of amidine groups is 1. The third-order valence-corrected chi connectivity index (χ3v) is 8.27. The highest BCUT2D eigenvalue weighted by Gasteiger charge is 2.32. The summed E-state index contributed by atoms with van der Waals surface area (Å²) in [6.07, 6.45) is 13.6. The minimum absolute atomic E-state index is 0.0299. The number of likely N-dealkylation sites (N-methyl/N-ethyl adjacent to an activating group) is 1. The van der Waals surface area contributed by atoms with Crippen LogP contribution in [0.5, 0.6) is 0 Å². The van der Waals surface area contributed by atoms with Gasteiger partial charge in [-0.2, -0.15) is 0 Å². The molecule has 3 aliphatic heterocycles. The van der Waals surface area contributed by atoms with E-state index in [4.69, 9.17) is 22.2 Å². The molecule has 1 fully saturated rings. The average Bonchev–Trinajstić information content (AvgIpc) is 3.54. The molecule has 0 radical (unpaired) electrons. The number of rotatable bonds is 6. The molecular formula is C40H58ClFN6O. The molecule has 3 N–H and O–H groups in total. The zero-order chi connectivity index (χ0) is 36.9. The molecule has 5 rings (SSSR count). The number of fused-ring (bicyclic) bond motifs is 1. The Morgan fingerprint density at radius 1 is 1.10 bits per heavy atom. The van der Waals surface area contributed by atoms with Crippen molar-refractivity contribution in [3.05, 3.63) is 107 Å². The summed E-state index contributed by atoms with van der Waals surface area (Å²) < 4.78 is 15.4. The molecule has 3 aliphatic rings. The van der Waals surface area contributed by atoms with E-state index in [1.807, 2.05) is 70.2 Å². The third-order valence-electron chi connectivity index (χ3n) is 8.02. The van der Waals surface area contributed by atoms with Crippen molar-refractivity contribution in [2.45, 2.75) is 73.6 Å². The molecular weight excluding hydrogens is 635 g/mol. The number of benzene rings is 2. The molecule has 2 aromatic rings. The highest BCUT2D eigenvalue weighted by atomic mass is 35.5. The number of nitrogens with one attached hydrogen (secondary N) is 1. The van der Waals surface area contributed by atoms with E-state index in [2.05, 4.69) is 83.8 Å². The van der Waals surface area contributed by atoms with Gasteiger partial charge in [-0.05, 0) is 96.9 Å². The minimum atomic E-state index is -0.254. The molecule has 268 valence electrons. The van der Waals surface area contributed by atoms with E-state index in [9.17, 15) is 0 Å². The number of allylic oxidation sites excluding steroid dienone is 3. The first-order chi connectivity index (χ1) is 23.5. The summed E-state index contributed by atoms with van der Waals surface area (Å²) in [6, 6.07) is 11.6. The van der Waals surface area contributed by atoms with Crippen LogP contribution >= 0.6 is 11.6 Å². The highest BCUT2D eigenvalue weighted by molar-refractivity contribution is 6.30. The number of nitrogens with two attached hydrogens (primary N) is 1. The van der Waals surface area contributed by atoms with Crippen molar-refractivity contribution in [3.63, 3.8) is 0 Å². The molecule has 0 bridgehead atoms. The molecule has 7 nitrogen and oxygen atoms in total. The second-order valence-corrected chi connectivity index (χ2v) is 12.1. The number of terminal acetylenes is 1. The monoisotopic (exact) mass is 692 g/mol. The second-order valence-electron chi connectivity index (χ2n) is 11.6. The van der Waals surface area contributed by atoms with E-state index in [0.29, 0.717) is 23.1 Å². The lowest BCUT2D eigenvalue weighted by atomic mass is 9.87. The number of hydroxylamine groups is 1. The topological polar surface area (TPSA) is 69.4 Å². The summed E-state index contributed by atoms with van der Waals surface area (Å²) >= 11 is 6.10. The standard InChI is InChI=1S/C25H29ClFN5O.C6H13N.C4H8.C3H4.C2H4/c1-16-20-12-22(27)24(31-10-8-30(3)9-11-31)13-23(20)32(14-18-4-6-19(26)7-5-18)15-21(16)25-28-17(2)33-29-25;1-3-6(2)4-5-7;1-3-4-2;1-3-2;1-2/h4-7,12-13,15-17H,8-11,14H2,1-3H3,(H,28,29);3H,4-5,7H2,1-2H3;3-4H,1-2H3;1H,2H3;1-2H2/b;6-3-;4-3-;;. The van der Waals surface area contributed by atoms with E-state index < -0.39 is 0 Å². The predicted octanol–water partition coefficient (Wildman–Crippen LogP) is 8.84. The van der Waals surface area contributed by atoms with Crippen molar-refractivity contribution >= 4 is 28.8 Å². The summed E-state index contributed by atoms with van der Waals surface area (Å²) in [5.74, 6) is 2.74. The van der Waals surface area contributed by atoms with Crippen LogP contribution in [0.3, 0.4) is 0 Å². The maximum absolute atomic E-state index is 15.4. The third kappa shape index (κ3) is 13.9. The maximum atomic E-state index is 15.4. The van der Waals surface area contributed by atoms with Crippen LogP contribution in [0.2, 0.25) is 5.02 Å². The Bertz CT molecular complexity index is 1430. The SMILES string of the molecule is C#CC.C/C=C(/C)CCN.C/C=C\C.C=C.CC1N=C(C2=CN(Cc3ccc(Cl)cc3)c3cc(N4CCN(C)CC4)c(F)cc3C2C)NO1. The molecule has 49 heavy (non-hydrogen) atoms. The van der Waals surface area contributed by atoms with Crippen molar-refractivity contribution in [2.24, 2.45) is 10.7 Å².